The highest BCUT2D eigenvalue weighted by atomic mass is 28.4. The second-order valence-corrected chi connectivity index (χ2v) is 10.6. The molecule has 0 saturated carbocycles. The molecule has 0 aliphatic carbocycles. The molecular formula is C15H17F17O2Si. The van der Waals surface area contributed by atoms with Gasteiger partial charge in [0.1, 0.15) is 0 Å². The second kappa shape index (κ2) is 9.36. The fourth-order valence-electron chi connectivity index (χ4n) is 2.45. The van der Waals surface area contributed by atoms with Crippen molar-refractivity contribution in [1.82, 2.24) is 0 Å². The fourth-order valence-corrected chi connectivity index (χ4v) is 3.86. The van der Waals surface area contributed by atoms with Crippen LogP contribution < -0.4 is 0 Å². The topological polar surface area (TPSA) is 18.5 Å². The summed E-state index contributed by atoms with van der Waals surface area (Å²) in [6.45, 7) is 0.618. The SMILES string of the molecule is CCCC(F)C(F)(F)C(F)(F)C(F)(F)C(F)(F)C(F)(F)C(F)(F)C(F)(F)C(F)(F)[Si](C)(OC)OC. The van der Waals surface area contributed by atoms with Gasteiger partial charge in [-0.3, -0.25) is 0 Å². The Kier molecular flexibility index (Phi) is 9.08. The molecule has 0 saturated heterocycles. The molecular weight excluding hydrogens is 563 g/mol. The third kappa shape index (κ3) is 4.27. The van der Waals surface area contributed by atoms with Crippen LogP contribution in [0.1, 0.15) is 19.8 Å². The van der Waals surface area contributed by atoms with Crippen molar-refractivity contribution < 1.29 is 83.5 Å². The van der Waals surface area contributed by atoms with Crippen molar-refractivity contribution in [3.63, 3.8) is 0 Å². The van der Waals surface area contributed by atoms with E-state index in [2.05, 4.69) is 8.85 Å². The van der Waals surface area contributed by atoms with E-state index in [9.17, 15) is 74.6 Å². The van der Waals surface area contributed by atoms with Crippen LogP contribution in [0.5, 0.6) is 0 Å². The lowest BCUT2D eigenvalue weighted by Gasteiger charge is -2.45. The van der Waals surface area contributed by atoms with E-state index in [0.717, 1.165) is 6.92 Å². The summed E-state index contributed by atoms with van der Waals surface area (Å²) in [5, 5.41) is 0. The van der Waals surface area contributed by atoms with Gasteiger partial charge in [0.15, 0.2) is 6.17 Å². The first-order valence-electron chi connectivity index (χ1n) is 8.87. The minimum atomic E-state index is -8.60. The summed E-state index contributed by atoms with van der Waals surface area (Å²) in [6.07, 6.45) is -7.01. The first kappa shape index (κ1) is 33.9. The molecule has 0 spiro atoms. The Morgan fingerprint density at radius 1 is 0.571 bits per heavy atom. The monoisotopic (exact) mass is 580 g/mol. The summed E-state index contributed by atoms with van der Waals surface area (Å²) in [5.74, 6) is -56.6. The first-order valence-corrected chi connectivity index (χ1v) is 11.2. The molecule has 0 amide bonds. The molecule has 35 heavy (non-hydrogen) atoms. The molecule has 0 radical (unpaired) electrons. The van der Waals surface area contributed by atoms with E-state index in [0.29, 0.717) is 0 Å². The van der Waals surface area contributed by atoms with Crippen LogP contribution in [0.3, 0.4) is 0 Å². The average Bonchev–Trinajstić information content (AvgIpc) is 2.71. The van der Waals surface area contributed by atoms with E-state index in [-0.39, 0.29) is 20.8 Å². The molecule has 0 aromatic carbocycles. The molecule has 0 N–H and O–H groups in total. The average molecular weight is 580 g/mol. The number of hydrogen-bond acceptors (Lipinski definition) is 2. The van der Waals surface area contributed by atoms with Gasteiger partial charge in [-0.25, -0.2) is 4.39 Å². The maximum Gasteiger partial charge on any atom is 0.418 e. The molecule has 212 valence electrons. The minimum Gasteiger partial charge on any atom is -0.394 e. The lowest BCUT2D eigenvalue weighted by Crippen LogP contribution is -2.78. The summed E-state index contributed by atoms with van der Waals surface area (Å²) >= 11 is 0. The van der Waals surface area contributed by atoms with Crippen LogP contribution in [-0.4, -0.2) is 76.0 Å². The van der Waals surface area contributed by atoms with E-state index in [1.165, 1.54) is 0 Å². The predicted molar refractivity (Wildman–Crippen MR) is 85.0 cm³/mol. The third-order valence-electron chi connectivity index (χ3n) is 5.07. The van der Waals surface area contributed by atoms with Crippen LogP contribution in [-0.2, 0) is 8.85 Å². The van der Waals surface area contributed by atoms with Gasteiger partial charge >= 0.3 is 55.6 Å². The summed E-state index contributed by atoms with van der Waals surface area (Å²) < 4.78 is 242. The Balaban J connectivity index is 6.98. The van der Waals surface area contributed by atoms with Crippen LogP contribution in [0.15, 0.2) is 0 Å². The van der Waals surface area contributed by atoms with Gasteiger partial charge in [0.25, 0.3) is 0 Å². The van der Waals surface area contributed by atoms with Crippen molar-refractivity contribution >= 4 is 8.56 Å². The molecule has 0 aromatic rings. The Labute approximate surface area is 187 Å². The Bertz CT molecular complexity index is 735. The highest BCUT2D eigenvalue weighted by Crippen LogP contribution is 2.65. The van der Waals surface area contributed by atoms with Crippen molar-refractivity contribution in [1.29, 1.82) is 0 Å². The normalized spacial score (nSPS) is 17.1. The molecule has 0 aliphatic rings. The number of hydrogen-bond donors (Lipinski definition) is 0. The molecule has 1 atom stereocenters. The molecule has 0 aliphatic heterocycles. The number of alkyl halides is 17. The lowest BCUT2D eigenvalue weighted by atomic mass is 9.87. The van der Waals surface area contributed by atoms with Crippen molar-refractivity contribution in [2.75, 3.05) is 14.2 Å². The third-order valence-corrected chi connectivity index (χ3v) is 8.08. The number of halogens is 17. The maximum absolute atomic E-state index is 14.1. The summed E-state index contributed by atoms with van der Waals surface area (Å²) in [7, 11) is -5.89. The van der Waals surface area contributed by atoms with E-state index in [1.54, 1.807) is 0 Å². The van der Waals surface area contributed by atoms with E-state index in [4.69, 9.17) is 0 Å². The quantitative estimate of drug-likeness (QED) is 0.171. The van der Waals surface area contributed by atoms with E-state index in [1.807, 2.05) is 0 Å². The summed E-state index contributed by atoms with van der Waals surface area (Å²) in [5.41, 5.74) is -6.65. The van der Waals surface area contributed by atoms with Crippen LogP contribution in [0.25, 0.3) is 0 Å². The zero-order valence-corrected chi connectivity index (χ0v) is 18.7. The van der Waals surface area contributed by atoms with Gasteiger partial charge in [-0.15, -0.1) is 0 Å². The second-order valence-electron chi connectivity index (χ2n) is 7.25. The van der Waals surface area contributed by atoms with Gasteiger partial charge in [0, 0.05) is 14.2 Å². The van der Waals surface area contributed by atoms with Crippen LogP contribution in [0.2, 0.25) is 6.55 Å². The van der Waals surface area contributed by atoms with Crippen molar-refractivity contribution in [3.8, 4) is 0 Å². The molecule has 1 unspecified atom stereocenters. The fraction of sp³-hybridized carbons (Fsp3) is 1.00. The van der Waals surface area contributed by atoms with Gasteiger partial charge in [-0.05, 0) is 13.0 Å². The van der Waals surface area contributed by atoms with Gasteiger partial charge in [-0.2, -0.15) is 70.2 Å². The van der Waals surface area contributed by atoms with E-state index >= 15 is 0 Å². The standard InChI is InChI=1S/C15H17F17O2Si/c1-5-6-7(16)8(17,18)9(19,20)10(21,22)11(23,24)12(25,26)13(27,28)14(29,30)15(31,32)35(4,33-2)34-3/h7H,5-6H2,1-4H3. The molecule has 0 rings (SSSR count). The minimum absolute atomic E-state index is 0.102. The Morgan fingerprint density at radius 3 is 1.14 bits per heavy atom. The Morgan fingerprint density at radius 2 is 0.857 bits per heavy atom. The summed E-state index contributed by atoms with van der Waals surface area (Å²) in [6, 6.07) is 0. The smallest absolute Gasteiger partial charge is 0.394 e. The Hall–Kier alpha value is -1.05. The highest BCUT2D eigenvalue weighted by molar-refractivity contribution is 6.68. The van der Waals surface area contributed by atoms with Crippen LogP contribution in [0.4, 0.5) is 74.6 Å². The zero-order chi connectivity index (χ0) is 28.9. The van der Waals surface area contributed by atoms with E-state index < -0.39 is 74.6 Å². The maximum atomic E-state index is 14.1. The first-order chi connectivity index (χ1) is 15.1. The predicted octanol–water partition coefficient (Wildman–Crippen LogP) is 7.11. The lowest BCUT2D eigenvalue weighted by molar-refractivity contribution is -0.452. The molecule has 0 heterocycles. The molecule has 2 nitrogen and oxygen atoms in total. The molecule has 20 heteroatoms. The highest BCUT2D eigenvalue weighted by Gasteiger charge is 2.96. The van der Waals surface area contributed by atoms with Crippen molar-refractivity contribution in [2.24, 2.45) is 0 Å². The van der Waals surface area contributed by atoms with Crippen LogP contribution >= 0.6 is 0 Å². The largest absolute Gasteiger partial charge is 0.418 e. The van der Waals surface area contributed by atoms with Crippen molar-refractivity contribution in [2.45, 2.75) is 79.5 Å². The molecule has 0 aromatic heterocycles. The molecule has 0 fully saturated rings. The molecule has 0 bridgehead atoms. The van der Waals surface area contributed by atoms with Gasteiger partial charge < -0.3 is 8.85 Å². The van der Waals surface area contributed by atoms with Crippen molar-refractivity contribution in [3.05, 3.63) is 0 Å². The van der Waals surface area contributed by atoms with Crippen LogP contribution in [0, 0.1) is 0 Å². The van der Waals surface area contributed by atoms with Gasteiger partial charge in [0.2, 0.25) is 0 Å². The van der Waals surface area contributed by atoms with Gasteiger partial charge in [-0.1, -0.05) is 13.3 Å². The summed E-state index contributed by atoms with van der Waals surface area (Å²) in [4.78, 5) is 0. The number of rotatable bonds is 13. The van der Waals surface area contributed by atoms with Gasteiger partial charge in [0.05, 0.1) is 0 Å². The zero-order valence-electron chi connectivity index (χ0n) is 17.7.